The minimum atomic E-state index is -0.319. The number of benzene rings is 1. The second kappa shape index (κ2) is 3.79. The first-order chi connectivity index (χ1) is 6.11. The molecule has 0 aromatic heterocycles. The third-order valence-electron chi connectivity index (χ3n) is 2.20. The van der Waals surface area contributed by atoms with Crippen LogP contribution in [0.15, 0.2) is 18.2 Å². The van der Waals surface area contributed by atoms with E-state index in [9.17, 15) is 0 Å². The molecule has 0 aliphatic heterocycles. The highest BCUT2D eigenvalue weighted by Gasteiger charge is 2.22. The molecule has 0 saturated carbocycles. The van der Waals surface area contributed by atoms with E-state index in [1.807, 2.05) is 32.0 Å². The number of rotatable bonds is 3. The summed E-state index contributed by atoms with van der Waals surface area (Å²) >= 11 is 0. The molecular formula is C11H15O2. The molecule has 2 heteroatoms. The van der Waals surface area contributed by atoms with Gasteiger partial charge in [0.05, 0.1) is 12.7 Å². The molecule has 1 rings (SSSR count). The fraction of sp³-hybridized carbons (Fsp3) is 0.455. The van der Waals surface area contributed by atoms with Crippen molar-refractivity contribution in [1.29, 1.82) is 0 Å². The molecule has 0 aliphatic rings. The van der Waals surface area contributed by atoms with Crippen LogP contribution in [0.1, 0.15) is 19.4 Å². The van der Waals surface area contributed by atoms with E-state index < -0.39 is 0 Å². The van der Waals surface area contributed by atoms with E-state index in [0.29, 0.717) is 0 Å². The molecule has 0 aliphatic carbocycles. The first kappa shape index (κ1) is 10.1. The van der Waals surface area contributed by atoms with Crippen molar-refractivity contribution in [3.05, 3.63) is 29.8 Å². The van der Waals surface area contributed by atoms with Crippen LogP contribution in [-0.2, 0) is 10.3 Å². The molecule has 0 heterocycles. The Hall–Kier alpha value is -1.02. The lowest BCUT2D eigenvalue weighted by Crippen LogP contribution is -2.20. The molecule has 0 N–H and O–H groups in total. The predicted molar refractivity (Wildman–Crippen MR) is 51.9 cm³/mol. The largest absolute Gasteiger partial charge is 0.496 e. The second-order valence-corrected chi connectivity index (χ2v) is 3.34. The maximum atomic E-state index is 5.37. The number of ether oxygens (including phenoxy) is 2. The molecule has 71 valence electrons. The van der Waals surface area contributed by atoms with Crippen molar-refractivity contribution in [2.24, 2.45) is 0 Å². The molecule has 1 aromatic carbocycles. The van der Waals surface area contributed by atoms with Gasteiger partial charge in [0.2, 0.25) is 0 Å². The van der Waals surface area contributed by atoms with E-state index >= 15 is 0 Å². The summed E-state index contributed by atoms with van der Waals surface area (Å²) in [6, 6.07) is 8.60. The number of hydrogen-bond acceptors (Lipinski definition) is 2. The molecule has 1 aromatic rings. The van der Waals surface area contributed by atoms with Gasteiger partial charge in [0.1, 0.15) is 5.75 Å². The highest BCUT2D eigenvalue weighted by Crippen LogP contribution is 2.31. The molecule has 0 unspecified atom stereocenters. The highest BCUT2D eigenvalue weighted by molar-refractivity contribution is 5.36. The minimum Gasteiger partial charge on any atom is -0.496 e. The maximum Gasteiger partial charge on any atom is 0.125 e. The van der Waals surface area contributed by atoms with Crippen molar-refractivity contribution in [2.45, 2.75) is 19.4 Å². The van der Waals surface area contributed by atoms with Gasteiger partial charge in [0.25, 0.3) is 0 Å². The predicted octanol–water partition coefficient (Wildman–Crippen LogP) is 2.38. The van der Waals surface area contributed by atoms with Gasteiger partial charge in [-0.15, -0.1) is 0 Å². The highest BCUT2D eigenvalue weighted by atomic mass is 16.5. The molecule has 0 fully saturated rings. The summed E-state index contributed by atoms with van der Waals surface area (Å²) in [6.07, 6.45) is 0. The van der Waals surface area contributed by atoms with E-state index in [0.717, 1.165) is 11.3 Å². The Morgan fingerprint density at radius 2 is 2.00 bits per heavy atom. The molecule has 0 bridgehead atoms. The van der Waals surface area contributed by atoms with Gasteiger partial charge in [-0.2, -0.15) is 0 Å². The molecule has 1 radical (unpaired) electrons. The smallest absolute Gasteiger partial charge is 0.125 e. The summed E-state index contributed by atoms with van der Waals surface area (Å²) in [5.41, 5.74) is 0.719. The van der Waals surface area contributed by atoms with Crippen LogP contribution in [0.25, 0.3) is 0 Å². The van der Waals surface area contributed by atoms with Gasteiger partial charge in [-0.25, -0.2) is 0 Å². The van der Waals surface area contributed by atoms with Gasteiger partial charge < -0.3 is 9.47 Å². The van der Waals surface area contributed by atoms with Gasteiger partial charge in [-0.3, -0.25) is 0 Å². The quantitative estimate of drug-likeness (QED) is 0.709. The van der Waals surface area contributed by atoms with Crippen molar-refractivity contribution < 1.29 is 9.47 Å². The van der Waals surface area contributed by atoms with E-state index in [1.165, 1.54) is 0 Å². The van der Waals surface area contributed by atoms with Crippen LogP contribution in [0.2, 0.25) is 0 Å². The summed E-state index contributed by atoms with van der Waals surface area (Å²) in [5.74, 6) is 0.814. The summed E-state index contributed by atoms with van der Waals surface area (Å²) in [6.45, 7) is 4.01. The molecule has 13 heavy (non-hydrogen) atoms. The zero-order valence-electron chi connectivity index (χ0n) is 8.55. The van der Waals surface area contributed by atoms with Gasteiger partial charge in [-0.1, -0.05) is 12.1 Å². The average molecular weight is 179 g/mol. The molecular weight excluding hydrogens is 164 g/mol. The normalized spacial score (nSPS) is 11.4. The summed E-state index contributed by atoms with van der Waals surface area (Å²) in [7, 11) is 3.34. The lowest BCUT2D eigenvalue weighted by Gasteiger charge is -2.25. The van der Waals surface area contributed by atoms with Gasteiger partial charge >= 0.3 is 0 Å². The second-order valence-electron chi connectivity index (χ2n) is 3.34. The molecule has 0 spiro atoms. The number of hydrogen-bond donors (Lipinski definition) is 0. The zero-order chi connectivity index (χ0) is 9.90. The Labute approximate surface area is 79.5 Å². The number of methoxy groups -OCH3 is 2. The summed E-state index contributed by atoms with van der Waals surface area (Å²) in [5, 5.41) is 0. The summed E-state index contributed by atoms with van der Waals surface area (Å²) in [4.78, 5) is 0. The Kier molecular flexibility index (Phi) is 2.94. The van der Waals surface area contributed by atoms with Gasteiger partial charge in [0.15, 0.2) is 0 Å². The zero-order valence-corrected chi connectivity index (χ0v) is 8.55. The standard InChI is InChI=1S/C11H15O2/c1-11(2,13-4)9-7-5-6-8-10(9)12-3/h5,7-8H,1-4H3. The third kappa shape index (κ3) is 2.01. The van der Waals surface area contributed by atoms with Crippen molar-refractivity contribution in [3.8, 4) is 5.75 Å². The Balaban J connectivity index is 3.12. The Morgan fingerprint density at radius 1 is 1.31 bits per heavy atom. The third-order valence-corrected chi connectivity index (χ3v) is 2.20. The van der Waals surface area contributed by atoms with Crippen LogP contribution in [0, 0.1) is 6.07 Å². The van der Waals surface area contributed by atoms with E-state index in [1.54, 1.807) is 14.2 Å². The molecule has 0 saturated heterocycles. The molecule has 2 nitrogen and oxygen atoms in total. The van der Waals surface area contributed by atoms with Crippen LogP contribution in [0.4, 0.5) is 0 Å². The lowest BCUT2D eigenvalue weighted by molar-refractivity contribution is 0.0173. The lowest BCUT2D eigenvalue weighted by atomic mass is 9.97. The van der Waals surface area contributed by atoms with Crippen molar-refractivity contribution >= 4 is 0 Å². The van der Waals surface area contributed by atoms with Crippen molar-refractivity contribution in [1.82, 2.24) is 0 Å². The monoisotopic (exact) mass is 179 g/mol. The maximum absolute atomic E-state index is 5.37. The van der Waals surface area contributed by atoms with E-state index in [4.69, 9.17) is 9.47 Å². The molecule has 0 amide bonds. The van der Waals surface area contributed by atoms with Gasteiger partial charge in [0, 0.05) is 12.7 Å². The van der Waals surface area contributed by atoms with Crippen LogP contribution >= 0.6 is 0 Å². The SMILES string of the molecule is COc1c[c]ccc1C(C)(C)OC. The van der Waals surface area contributed by atoms with Crippen LogP contribution in [0.5, 0.6) is 5.75 Å². The first-order valence-electron chi connectivity index (χ1n) is 4.21. The molecule has 0 atom stereocenters. The van der Waals surface area contributed by atoms with Crippen LogP contribution < -0.4 is 4.74 Å². The van der Waals surface area contributed by atoms with E-state index in [-0.39, 0.29) is 5.60 Å². The van der Waals surface area contributed by atoms with Crippen molar-refractivity contribution in [3.63, 3.8) is 0 Å². The Bertz CT molecular complexity index is 279. The minimum absolute atomic E-state index is 0.319. The van der Waals surface area contributed by atoms with Crippen LogP contribution in [-0.4, -0.2) is 14.2 Å². The van der Waals surface area contributed by atoms with E-state index in [2.05, 4.69) is 6.07 Å². The van der Waals surface area contributed by atoms with Crippen molar-refractivity contribution in [2.75, 3.05) is 14.2 Å². The average Bonchev–Trinajstić information content (AvgIpc) is 2.18. The van der Waals surface area contributed by atoms with Gasteiger partial charge in [-0.05, 0) is 26.0 Å². The fourth-order valence-electron chi connectivity index (χ4n) is 1.19. The summed E-state index contributed by atoms with van der Waals surface area (Å²) < 4.78 is 10.6. The first-order valence-corrected chi connectivity index (χ1v) is 4.21. The van der Waals surface area contributed by atoms with Crippen LogP contribution in [0.3, 0.4) is 0 Å². The Morgan fingerprint density at radius 3 is 2.54 bits per heavy atom. The fourth-order valence-corrected chi connectivity index (χ4v) is 1.19. The topological polar surface area (TPSA) is 18.5 Å².